The van der Waals surface area contributed by atoms with Crippen molar-refractivity contribution in [2.75, 3.05) is 0 Å². The van der Waals surface area contributed by atoms with Gasteiger partial charge >= 0.3 is 0 Å². The summed E-state index contributed by atoms with van der Waals surface area (Å²) >= 11 is 0. The lowest BCUT2D eigenvalue weighted by atomic mass is 9.79. The number of hydrogen-bond donors (Lipinski definition) is 2. The van der Waals surface area contributed by atoms with E-state index in [2.05, 4.69) is 95.2 Å². The van der Waals surface area contributed by atoms with E-state index in [1.54, 1.807) is 12.4 Å². The first-order valence-electron chi connectivity index (χ1n) is 13.3. The van der Waals surface area contributed by atoms with E-state index in [-0.39, 0.29) is 33.2 Å². The second-order valence-corrected chi connectivity index (χ2v) is 14.9. The number of benzene rings is 2. The average Bonchev–Trinajstić information content (AvgIpc) is 2.68. The van der Waals surface area contributed by atoms with Gasteiger partial charge < -0.3 is 10.2 Å². The van der Waals surface area contributed by atoms with Crippen molar-refractivity contribution in [3.05, 3.63) is 57.6 Å². The van der Waals surface area contributed by atoms with E-state index in [1.165, 1.54) is 0 Å². The summed E-state index contributed by atoms with van der Waals surface area (Å²) in [5, 5.41) is 22.2. The number of hydrogen-bond acceptors (Lipinski definition) is 4. The van der Waals surface area contributed by atoms with E-state index in [1.807, 2.05) is 26.0 Å². The molecule has 0 spiro atoms. The topological polar surface area (TPSA) is 65.2 Å². The number of phenolic OH excluding ortho intramolecular Hbond substituents is 2. The van der Waals surface area contributed by atoms with E-state index >= 15 is 0 Å². The van der Waals surface area contributed by atoms with Crippen molar-refractivity contribution in [3.63, 3.8) is 0 Å². The van der Waals surface area contributed by atoms with E-state index in [0.717, 1.165) is 22.3 Å². The Hall–Kier alpha value is -2.62. The lowest BCUT2D eigenvalue weighted by molar-refractivity contribution is 0.443. The summed E-state index contributed by atoms with van der Waals surface area (Å²) < 4.78 is 0. The van der Waals surface area contributed by atoms with Crippen LogP contribution in [0.4, 0.5) is 0 Å². The molecule has 2 rings (SSSR count). The van der Waals surface area contributed by atoms with Gasteiger partial charge in [-0.1, -0.05) is 95.2 Å². The quantitative estimate of drug-likeness (QED) is 0.408. The molecule has 0 atom stereocenters. The Bertz CT molecular complexity index is 1100. The van der Waals surface area contributed by atoms with Gasteiger partial charge in [-0.15, -0.1) is 0 Å². The fraction of sp³-hybridized carbons (Fsp3) is 0.576. The van der Waals surface area contributed by atoms with E-state index in [0.29, 0.717) is 11.1 Å². The third-order valence-electron chi connectivity index (χ3n) is 6.67. The van der Waals surface area contributed by atoms with Gasteiger partial charge in [-0.3, -0.25) is 9.98 Å². The highest BCUT2D eigenvalue weighted by molar-refractivity contribution is 5.87. The van der Waals surface area contributed by atoms with Crippen LogP contribution in [0.2, 0.25) is 0 Å². The van der Waals surface area contributed by atoms with Gasteiger partial charge in [0, 0.05) is 34.7 Å². The number of rotatable bonds is 4. The van der Waals surface area contributed by atoms with Gasteiger partial charge in [0.05, 0.1) is 0 Å². The maximum absolute atomic E-state index is 11.1. The highest BCUT2D eigenvalue weighted by atomic mass is 16.3. The van der Waals surface area contributed by atoms with Crippen LogP contribution in [0.5, 0.6) is 11.5 Å². The lowest BCUT2D eigenvalue weighted by Crippen LogP contribution is -2.19. The van der Waals surface area contributed by atoms with Crippen LogP contribution in [0.1, 0.15) is 130 Å². The van der Waals surface area contributed by atoms with Gasteiger partial charge in [0.1, 0.15) is 17.2 Å². The molecule has 0 aliphatic carbocycles. The number of aromatic hydroxyl groups is 2. The molecule has 0 bridgehead atoms. The van der Waals surface area contributed by atoms with Crippen molar-refractivity contribution in [3.8, 4) is 11.5 Å². The Kier molecular flexibility index (Phi) is 8.21. The van der Waals surface area contributed by atoms with Crippen molar-refractivity contribution < 1.29 is 10.2 Å². The molecule has 0 amide bonds. The molecule has 0 radical (unpaired) electrons. The van der Waals surface area contributed by atoms with Crippen molar-refractivity contribution >= 4 is 12.4 Å². The largest absolute Gasteiger partial charge is 0.507 e. The zero-order chi connectivity index (χ0) is 28.8. The summed E-state index contributed by atoms with van der Waals surface area (Å²) in [6.07, 6.45) is 3.45. The molecule has 2 N–H and O–H groups in total. The molecule has 4 nitrogen and oxygen atoms in total. The molecule has 0 fully saturated rings. The van der Waals surface area contributed by atoms with Crippen molar-refractivity contribution in [2.45, 2.75) is 124 Å². The normalized spacial score (nSPS) is 14.2. The molecule has 2 aromatic carbocycles. The first-order valence-corrected chi connectivity index (χ1v) is 13.3. The highest BCUT2D eigenvalue weighted by Crippen LogP contribution is 2.38. The molecule has 37 heavy (non-hydrogen) atoms. The molecule has 0 aliphatic rings. The Morgan fingerprint density at radius 1 is 0.486 bits per heavy atom. The van der Waals surface area contributed by atoms with Gasteiger partial charge in [0.25, 0.3) is 0 Å². The van der Waals surface area contributed by atoms with Crippen molar-refractivity contribution in [1.29, 1.82) is 0 Å². The monoisotopic (exact) mass is 506 g/mol. The Morgan fingerprint density at radius 3 is 1.03 bits per heavy atom. The SMILES string of the molecule is CC(C)(/N=C/c1cc(C(C)(C)C)cc(C(C)(C)C)c1O)/N=C/c1cc(C(C)(C)C)cc(C(C)(C)C)c1O. The van der Waals surface area contributed by atoms with Crippen LogP contribution in [0.15, 0.2) is 34.3 Å². The summed E-state index contributed by atoms with van der Waals surface area (Å²) in [6.45, 7) is 29.5. The molecule has 0 saturated carbocycles. The molecule has 0 saturated heterocycles. The van der Waals surface area contributed by atoms with Gasteiger partial charge in [-0.05, 0) is 58.8 Å². The fourth-order valence-corrected chi connectivity index (χ4v) is 4.01. The predicted molar refractivity (Wildman–Crippen MR) is 160 cm³/mol. The van der Waals surface area contributed by atoms with Gasteiger partial charge in [-0.25, -0.2) is 0 Å². The summed E-state index contributed by atoms with van der Waals surface area (Å²) in [7, 11) is 0. The first-order chi connectivity index (χ1) is 16.4. The van der Waals surface area contributed by atoms with Crippen LogP contribution in [0.3, 0.4) is 0 Å². The zero-order valence-corrected chi connectivity index (χ0v) is 25.8. The van der Waals surface area contributed by atoms with Crippen LogP contribution in [0, 0.1) is 0 Å². The maximum atomic E-state index is 11.1. The minimum absolute atomic E-state index is 0.0652. The molecule has 204 valence electrons. The first kappa shape index (κ1) is 30.6. The van der Waals surface area contributed by atoms with Gasteiger partial charge in [0.15, 0.2) is 0 Å². The molecule has 2 aromatic rings. The van der Waals surface area contributed by atoms with Crippen LogP contribution in [0.25, 0.3) is 0 Å². The number of aliphatic imine (C=N–C) groups is 2. The summed E-state index contributed by atoms with van der Waals surface area (Å²) in [5.41, 5.74) is 4.15. The van der Waals surface area contributed by atoms with Crippen LogP contribution in [-0.4, -0.2) is 28.3 Å². The van der Waals surface area contributed by atoms with Gasteiger partial charge in [-0.2, -0.15) is 0 Å². The van der Waals surface area contributed by atoms with Gasteiger partial charge in [0.2, 0.25) is 0 Å². The molecule has 0 unspecified atom stereocenters. The highest BCUT2D eigenvalue weighted by Gasteiger charge is 2.26. The Balaban J connectivity index is 2.56. The Morgan fingerprint density at radius 2 is 0.784 bits per heavy atom. The van der Waals surface area contributed by atoms with E-state index in [9.17, 15) is 10.2 Å². The Labute approximate surface area is 226 Å². The van der Waals surface area contributed by atoms with E-state index in [4.69, 9.17) is 9.98 Å². The smallest absolute Gasteiger partial charge is 0.144 e. The second kappa shape index (κ2) is 9.93. The van der Waals surface area contributed by atoms with Crippen LogP contribution in [-0.2, 0) is 21.7 Å². The molecule has 0 heterocycles. The fourth-order valence-electron chi connectivity index (χ4n) is 4.01. The minimum Gasteiger partial charge on any atom is -0.507 e. The standard InChI is InChI=1S/C33H50N2O2/c1-29(2,3)23-15-21(27(36)25(17-23)31(7,8)9)19-34-33(13,14)35-20-22-16-24(30(4,5)6)18-26(28(22)37)32(10,11)12/h15-20,36-37H,1-14H3/b34-19+,35-20+. The third-order valence-corrected chi connectivity index (χ3v) is 6.67. The molecule has 4 heteroatoms. The lowest BCUT2D eigenvalue weighted by Gasteiger charge is -2.27. The van der Waals surface area contributed by atoms with Crippen molar-refractivity contribution in [1.82, 2.24) is 0 Å². The molecular formula is C33H50N2O2. The third kappa shape index (κ3) is 7.69. The van der Waals surface area contributed by atoms with E-state index < -0.39 is 5.66 Å². The number of nitrogens with zero attached hydrogens (tertiary/aromatic N) is 2. The summed E-state index contributed by atoms with van der Waals surface area (Å²) in [5.74, 6) is 0.517. The second-order valence-electron chi connectivity index (χ2n) is 14.9. The zero-order valence-electron chi connectivity index (χ0n) is 25.8. The minimum atomic E-state index is -0.794. The average molecular weight is 507 g/mol. The van der Waals surface area contributed by atoms with Crippen LogP contribution >= 0.6 is 0 Å². The predicted octanol–water partition coefficient (Wildman–Crippen LogP) is 8.56. The maximum Gasteiger partial charge on any atom is 0.144 e. The molecule has 0 aliphatic heterocycles. The number of phenols is 2. The van der Waals surface area contributed by atoms with Crippen molar-refractivity contribution in [2.24, 2.45) is 9.98 Å². The molecular weight excluding hydrogens is 456 g/mol. The summed E-state index contributed by atoms with van der Waals surface area (Å²) in [6, 6.07) is 8.24. The van der Waals surface area contributed by atoms with Crippen LogP contribution < -0.4 is 0 Å². The summed E-state index contributed by atoms with van der Waals surface area (Å²) in [4.78, 5) is 9.51. The molecule has 0 aromatic heterocycles.